The van der Waals surface area contributed by atoms with E-state index in [0.717, 1.165) is 24.2 Å². The van der Waals surface area contributed by atoms with Gasteiger partial charge in [-0.25, -0.2) is 4.79 Å². The van der Waals surface area contributed by atoms with Crippen molar-refractivity contribution in [3.8, 4) is 0 Å². The number of aromatic nitrogens is 2. The standard InChI is InChI=1S/C21H26N4O3/c1-28-21(27)22-19(11-15-7-3-2-4-8-15)20(26)24-13-16(14-24)18-12-17-9-5-6-10-25(17)23-18/h2-4,7-8,12,16,19H,5-6,9-11,13-14H2,1H3,(H,22,27). The van der Waals surface area contributed by atoms with Crippen LogP contribution in [0.1, 0.15) is 35.7 Å². The molecule has 2 amide bonds. The second kappa shape index (κ2) is 8.04. The molecule has 28 heavy (non-hydrogen) atoms. The molecule has 0 radical (unpaired) electrons. The quantitative estimate of drug-likeness (QED) is 0.859. The summed E-state index contributed by atoms with van der Waals surface area (Å²) in [5, 5.41) is 7.42. The number of alkyl carbamates (subject to hydrolysis) is 1. The average molecular weight is 382 g/mol. The summed E-state index contributed by atoms with van der Waals surface area (Å²) in [6.07, 6.45) is 3.34. The van der Waals surface area contributed by atoms with Crippen molar-refractivity contribution in [2.45, 2.75) is 44.2 Å². The second-order valence-electron chi connectivity index (χ2n) is 7.56. The molecule has 0 saturated carbocycles. The zero-order chi connectivity index (χ0) is 19.5. The Morgan fingerprint density at radius 3 is 2.75 bits per heavy atom. The maximum Gasteiger partial charge on any atom is 0.407 e. The van der Waals surface area contributed by atoms with Gasteiger partial charge >= 0.3 is 6.09 Å². The van der Waals surface area contributed by atoms with Crippen molar-refractivity contribution in [1.29, 1.82) is 0 Å². The fraction of sp³-hybridized carbons (Fsp3) is 0.476. The number of rotatable bonds is 5. The molecule has 1 aromatic carbocycles. The molecule has 2 aliphatic heterocycles. The number of amides is 2. The number of methoxy groups -OCH3 is 1. The van der Waals surface area contributed by atoms with Gasteiger partial charge in [-0.2, -0.15) is 5.10 Å². The Morgan fingerprint density at radius 2 is 2.04 bits per heavy atom. The first-order chi connectivity index (χ1) is 13.6. The van der Waals surface area contributed by atoms with E-state index < -0.39 is 12.1 Å². The number of carbonyl (C=O) groups is 2. The lowest BCUT2D eigenvalue weighted by Gasteiger charge is -2.40. The van der Waals surface area contributed by atoms with E-state index in [-0.39, 0.29) is 11.8 Å². The molecule has 0 aliphatic carbocycles. The van der Waals surface area contributed by atoms with Crippen LogP contribution in [-0.2, 0) is 28.9 Å². The minimum Gasteiger partial charge on any atom is -0.453 e. The summed E-state index contributed by atoms with van der Waals surface area (Å²) in [4.78, 5) is 26.5. The van der Waals surface area contributed by atoms with Gasteiger partial charge in [0.2, 0.25) is 5.91 Å². The van der Waals surface area contributed by atoms with Crippen LogP contribution in [0.4, 0.5) is 4.79 Å². The SMILES string of the molecule is COC(=O)NC(Cc1ccccc1)C(=O)N1CC(c2cc3n(n2)CCCC3)C1. The zero-order valence-electron chi connectivity index (χ0n) is 16.1. The number of nitrogens with zero attached hydrogens (tertiary/aromatic N) is 3. The lowest BCUT2D eigenvalue weighted by atomic mass is 9.94. The number of aryl methyl sites for hydroxylation is 2. The molecular formula is C21H26N4O3. The third kappa shape index (κ3) is 3.88. The van der Waals surface area contributed by atoms with Crippen molar-refractivity contribution in [1.82, 2.24) is 20.0 Å². The van der Waals surface area contributed by atoms with Crippen LogP contribution >= 0.6 is 0 Å². The van der Waals surface area contributed by atoms with Crippen LogP contribution in [0.25, 0.3) is 0 Å². The predicted molar refractivity (Wildman–Crippen MR) is 104 cm³/mol. The Labute approximate surface area is 164 Å². The van der Waals surface area contributed by atoms with Crippen molar-refractivity contribution in [3.05, 3.63) is 53.3 Å². The topological polar surface area (TPSA) is 76.5 Å². The number of ether oxygens (including phenoxy) is 1. The van der Waals surface area contributed by atoms with E-state index in [1.54, 1.807) is 4.90 Å². The molecule has 0 spiro atoms. The van der Waals surface area contributed by atoms with Crippen molar-refractivity contribution >= 4 is 12.0 Å². The molecule has 3 heterocycles. The molecule has 4 rings (SSSR count). The van der Waals surface area contributed by atoms with E-state index in [0.29, 0.717) is 19.5 Å². The van der Waals surface area contributed by atoms with E-state index >= 15 is 0 Å². The number of likely N-dealkylation sites (tertiary alicyclic amines) is 1. The number of carbonyl (C=O) groups excluding carboxylic acids is 2. The summed E-state index contributed by atoms with van der Waals surface area (Å²) in [6, 6.07) is 11.2. The van der Waals surface area contributed by atoms with Crippen LogP contribution in [0.3, 0.4) is 0 Å². The highest BCUT2D eigenvalue weighted by molar-refractivity contribution is 5.86. The molecule has 0 bridgehead atoms. The number of nitrogens with one attached hydrogen (secondary N) is 1. The van der Waals surface area contributed by atoms with Crippen LogP contribution in [-0.4, -0.2) is 52.9 Å². The fourth-order valence-electron chi connectivity index (χ4n) is 3.96. The molecule has 2 aliphatic rings. The van der Waals surface area contributed by atoms with Gasteiger partial charge in [0.05, 0.1) is 12.8 Å². The van der Waals surface area contributed by atoms with Gasteiger partial charge < -0.3 is 15.0 Å². The van der Waals surface area contributed by atoms with Gasteiger partial charge in [-0.05, 0) is 30.9 Å². The Morgan fingerprint density at radius 1 is 1.25 bits per heavy atom. The molecular weight excluding hydrogens is 356 g/mol. The van der Waals surface area contributed by atoms with Crippen LogP contribution in [0.2, 0.25) is 0 Å². The first-order valence-corrected chi connectivity index (χ1v) is 9.88. The highest BCUT2D eigenvalue weighted by Crippen LogP contribution is 2.29. The smallest absolute Gasteiger partial charge is 0.407 e. The minimum atomic E-state index is -0.633. The lowest BCUT2D eigenvalue weighted by Crippen LogP contribution is -2.56. The van der Waals surface area contributed by atoms with E-state index in [4.69, 9.17) is 9.84 Å². The molecule has 1 atom stereocenters. The number of hydrogen-bond acceptors (Lipinski definition) is 4. The normalized spacial score (nSPS) is 17.4. The average Bonchev–Trinajstić information content (AvgIpc) is 3.10. The number of hydrogen-bond donors (Lipinski definition) is 1. The maximum absolute atomic E-state index is 13.0. The molecule has 1 unspecified atom stereocenters. The zero-order valence-corrected chi connectivity index (χ0v) is 16.1. The summed E-state index contributed by atoms with van der Waals surface area (Å²) >= 11 is 0. The van der Waals surface area contributed by atoms with Gasteiger partial charge in [0.1, 0.15) is 6.04 Å². The lowest BCUT2D eigenvalue weighted by molar-refractivity contribution is -0.137. The molecule has 7 nitrogen and oxygen atoms in total. The summed E-state index contributed by atoms with van der Waals surface area (Å²) in [5.74, 6) is 0.201. The highest BCUT2D eigenvalue weighted by atomic mass is 16.5. The van der Waals surface area contributed by atoms with Gasteiger partial charge in [-0.3, -0.25) is 9.48 Å². The van der Waals surface area contributed by atoms with E-state index in [9.17, 15) is 9.59 Å². The van der Waals surface area contributed by atoms with Crippen molar-refractivity contribution in [3.63, 3.8) is 0 Å². The largest absolute Gasteiger partial charge is 0.453 e. The molecule has 2 aromatic rings. The van der Waals surface area contributed by atoms with E-state index in [2.05, 4.69) is 16.1 Å². The highest BCUT2D eigenvalue weighted by Gasteiger charge is 2.37. The Hall–Kier alpha value is -2.83. The Kier molecular flexibility index (Phi) is 5.32. The van der Waals surface area contributed by atoms with Gasteiger partial charge in [0.15, 0.2) is 0 Å². The van der Waals surface area contributed by atoms with Crippen LogP contribution in [0, 0.1) is 0 Å². The molecule has 148 valence electrons. The third-order valence-corrected chi connectivity index (χ3v) is 5.60. The Bertz CT molecular complexity index is 819. The fourth-order valence-corrected chi connectivity index (χ4v) is 3.96. The summed E-state index contributed by atoms with van der Waals surface area (Å²) in [6.45, 7) is 2.28. The van der Waals surface area contributed by atoms with Crippen molar-refractivity contribution in [2.24, 2.45) is 0 Å². The minimum absolute atomic E-state index is 0.0746. The maximum atomic E-state index is 13.0. The summed E-state index contributed by atoms with van der Waals surface area (Å²) in [5.41, 5.74) is 3.39. The van der Waals surface area contributed by atoms with Gasteiger partial charge in [-0.1, -0.05) is 30.3 Å². The monoisotopic (exact) mass is 382 g/mol. The number of benzene rings is 1. The Balaban J connectivity index is 1.40. The van der Waals surface area contributed by atoms with Gasteiger partial charge in [-0.15, -0.1) is 0 Å². The second-order valence-corrected chi connectivity index (χ2v) is 7.56. The van der Waals surface area contributed by atoms with E-state index in [1.807, 2.05) is 30.3 Å². The van der Waals surface area contributed by atoms with Crippen LogP contribution in [0.15, 0.2) is 36.4 Å². The summed E-state index contributed by atoms with van der Waals surface area (Å²) in [7, 11) is 1.31. The molecule has 1 saturated heterocycles. The first-order valence-electron chi connectivity index (χ1n) is 9.88. The van der Waals surface area contributed by atoms with Crippen LogP contribution < -0.4 is 5.32 Å². The molecule has 1 N–H and O–H groups in total. The third-order valence-electron chi connectivity index (χ3n) is 5.60. The van der Waals surface area contributed by atoms with Crippen molar-refractivity contribution in [2.75, 3.05) is 20.2 Å². The molecule has 7 heteroatoms. The van der Waals surface area contributed by atoms with Gasteiger partial charge in [0.25, 0.3) is 0 Å². The predicted octanol–water partition coefficient (Wildman–Crippen LogP) is 2.11. The van der Waals surface area contributed by atoms with Crippen molar-refractivity contribution < 1.29 is 14.3 Å². The van der Waals surface area contributed by atoms with Gasteiger partial charge in [0, 0.05) is 37.7 Å². The molecule has 1 aromatic heterocycles. The first kappa shape index (κ1) is 18.5. The molecule has 1 fully saturated rings. The summed E-state index contributed by atoms with van der Waals surface area (Å²) < 4.78 is 6.81. The van der Waals surface area contributed by atoms with Crippen LogP contribution in [0.5, 0.6) is 0 Å². The van der Waals surface area contributed by atoms with E-state index in [1.165, 1.54) is 25.6 Å². The number of fused-ring (bicyclic) bond motifs is 1.